The van der Waals surface area contributed by atoms with Gasteiger partial charge in [0.25, 0.3) is 0 Å². The van der Waals surface area contributed by atoms with E-state index in [2.05, 4.69) is 19.0 Å². The highest BCUT2D eigenvalue weighted by atomic mass is 32.2. The standard InChI is InChI=1S/C14H23NO3S/c1-5-11(15-18-8-19-4)14-12(16)6-10(9(2)3)7-13(14)17/h9-10,16H,5-8H2,1-4H3/b15-11-. The number of Topliss-reactive ketones (excluding diaryl/α,β-unsaturated/α-hetero) is 1. The third-order valence-corrected chi connectivity index (χ3v) is 3.72. The summed E-state index contributed by atoms with van der Waals surface area (Å²) < 4.78 is 0. The lowest BCUT2D eigenvalue weighted by Crippen LogP contribution is -2.26. The zero-order valence-electron chi connectivity index (χ0n) is 12.1. The summed E-state index contributed by atoms with van der Waals surface area (Å²) in [5.74, 6) is 1.21. The lowest BCUT2D eigenvalue weighted by molar-refractivity contribution is -0.117. The molecule has 19 heavy (non-hydrogen) atoms. The summed E-state index contributed by atoms with van der Waals surface area (Å²) in [6.07, 6.45) is 3.53. The van der Waals surface area contributed by atoms with Crippen LogP contribution in [0, 0.1) is 11.8 Å². The summed E-state index contributed by atoms with van der Waals surface area (Å²) >= 11 is 1.51. The summed E-state index contributed by atoms with van der Waals surface area (Å²) in [6, 6.07) is 0. The third-order valence-electron chi connectivity index (χ3n) is 3.38. The first-order valence-electron chi connectivity index (χ1n) is 6.64. The number of oxime groups is 1. The number of allylic oxidation sites excluding steroid dienone is 2. The number of carbonyl (C=O) groups excluding carboxylic acids is 1. The van der Waals surface area contributed by atoms with Crippen LogP contribution in [0.3, 0.4) is 0 Å². The predicted octanol–water partition coefficient (Wildman–Crippen LogP) is 3.54. The van der Waals surface area contributed by atoms with E-state index >= 15 is 0 Å². The Hall–Kier alpha value is -0.970. The number of rotatable bonds is 6. The fraction of sp³-hybridized carbons (Fsp3) is 0.714. The van der Waals surface area contributed by atoms with E-state index < -0.39 is 0 Å². The van der Waals surface area contributed by atoms with Gasteiger partial charge in [-0.25, -0.2) is 0 Å². The lowest BCUT2D eigenvalue weighted by atomic mass is 9.79. The Morgan fingerprint density at radius 3 is 2.68 bits per heavy atom. The Morgan fingerprint density at radius 1 is 1.53 bits per heavy atom. The molecule has 1 atom stereocenters. The number of aliphatic hydroxyl groups excluding tert-OH is 1. The zero-order valence-corrected chi connectivity index (χ0v) is 12.9. The highest BCUT2D eigenvalue weighted by Crippen LogP contribution is 2.31. The van der Waals surface area contributed by atoms with Crippen LogP contribution in [-0.4, -0.2) is 28.8 Å². The van der Waals surface area contributed by atoms with Crippen molar-refractivity contribution < 1.29 is 14.7 Å². The van der Waals surface area contributed by atoms with Crippen molar-refractivity contribution >= 4 is 23.3 Å². The monoisotopic (exact) mass is 285 g/mol. The maximum absolute atomic E-state index is 12.2. The highest BCUT2D eigenvalue weighted by Gasteiger charge is 2.31. The van der Waals surface area contributed by atoms with E-state index in [1.54, 1.807) is 0 Å². The predicted molar refractivity (Wildman–Crippen MR) is 79.4 cm³/mol. The van der Waals surface area contributed by atoms with Crippen LogP contribution in [0.15, 0.2) is 16.5 Å². The number of ketones is 1. The second-order valence-electron chi connectivity index (χ2n) is 5.08. The molecule has 0 amide bonds. The van der Waals surface area contributed by atoms with Gasteiger partial charge in [-0.1, -0.05) is 25.9 Å². The van der Waals surface area contributed by atoms with Gasteiger partial charge in [-0.3, -0.25) is 4.79 Å². The normalized spacial score (nSPS) is 21.2. The first-order valence-corrected chi connectivity index (χ1v) is 8.04. The fourth-order valence-electron chi connectivity index (χ4n) is 2.17. The average Bonchev–Trinajstić information content (AvgIpc) is 2.35. The van der Waals surface area contributed by atoms with Gasteiger partial charge in [0.1, 0.15) is 5.76 Å². The fourth-order valence-corrected chi connectivity index (χ4v) is 2.32. The largest absolute Gasteiger partial charge is 0.511 e. The molecule has 0 fully saturated rings. The van der Waals surface area contributed by atoms with Crippen molar-refractivity contribution in [2.24, 2.45) is 17.0 Å². The Balaban J connectivity index is 2.93. The van der Waals surface area contributed by atoms with E-state index in [1.165, 1.54) is 11.8 Å². The Labute approximate surface area is 119 Å². The highest BCUT2D eigenvalue weighted by molar-refractivity contribution is 7.98. The molecule has 0 aromatic heterocycles. The molecular formula is C14H23NO3S. The van der Waals surface area contributed by atoms with Gasteiger partial charge < -0.3 is 9.94 Å². The van der Waals surface area contributed by atoms with E-state index in [0.717, 1.165) is 0 Å². The summed E-state index contributed by atoms with van der Waals surface area (Å²) in [5.41, 5.74) is 0.930. The molecule has 1 aliphatic carbocycles. The van der Waals surface area contributed by atoms with E-state index in [9.17, 15) is 9.90 Å². The number of carbonyl (C=O) groups is 1. The number of hydrogen-bond acceptors (Lipinski definition) is 5. The Morgan fingerprint density at radius 2 is 2.21 bits per heavy atom. The topological polar surface area (TPSA) is 58.9 Å². The minimum atomic E-state index is -0.0178. The maximum atomic E-state index is 12.2. The van der Waals surface area contributed by atoms with Gasteiger partial charge in [0.2, 0.25) is 0 Å². The molecule has 1 rings (SSSR count). The Bertz CT molecular complexity index is 388. The molecule has 0 bridgehead atoms. The van der Waals surface area contributed by atoms with Crippen LogP contribution in [0.25, 0.3) is 0 Å². The molecule has 5 heteroatoms. The SMILES string of the molecule is CC/C(=N/OCSC)C1=C(O)CC(C(C)C)CC1=O. The van der Waals surface area contributed by atoms with E-state index in [-0.39, 0.29) is 17.5 Å². The molecule has 1 aliphatic rings. The number of thioether (sulfide) groups is 1. The van der Waals surface area contributed by atoms with Crippen molar-refractivity contribution in [3.8, 4) is 0 Å². The van der Waals surface area contributed by atoms with Crippen LogP contribution in [0.5, 0.6) is 0 Å². The van der Waals surface area contributed by atoms with Crippen molar-refractivity contribution in [3.05, 3.63) is 11.3 Å². The van der Waals surface area contributed by atoms with Crippen LogP contribution < -0.4 is 0 Å². The molecular weight excluding hydrogens is 262 g/mol. The van der Waals surface area contributed by atoms with Crippen molar-refractivity contribution in [2.45, 2.75) is 40.0 Å². The van der Waals surface area contributed by atoms with Gasteiger partial charge in [-0.15, -0.1) is 11.8 Å². The molecule has 1 N–H and O–H groups in total. The number of aliphatic hydroxyl groups is 1. The summed E-state index contributed by atoms with van der Waals surface area (Å²) in [7, 11) is 0. The average molecular weight is 285 g/mol. The van der Waals surface area contributed by atoms with E-state index in [4.69, 9.17) is 4.84 Å². The van der Waals surface area contributed by atoms with Gasteiger partial charge in [0.15, 0.2) is 11.7 Å². The molecule has 0 spiro atoms. The van der Waals surface area contributed by atoms with Gasteiger partial charge >= 0.3 is 0 Å². The first-order chi connectivity index (χ1) is 9.01. The number of nitrogens with zero attached hydrogens (tertiary/aromatic N) is 1. The van der Waals surface area contributed by atoms with Crippen LogP contribution in [0.1, 0.15) is 40.0 Å². The molecule has 0 radical (unpaired) electrons. The molecule has 1 unspecified atom stereocenters. The van der Waals surface area contributed by atoms with E-state index in [0.29, 0.717) is 42.4 Å². The molecule has 0 saturated carbocycles. The minimum absolute atomic E-state index is 0.0178. The summed E-state index contributed by atoms with van der Waals surface area (Å²) in [5, 5.41) is 14.1. The van der Waals surface area contributed by atoms with Crippen LogP contribution in [0.4, 0.5) is 0 Å². The third kappa shape index (κ3) is 4.27. The molecule has 0 aliphatic heterocycles. The molecule has 0 aromatic rings. The number of hydrogen-bond donors (Lipinski definition) is 1. The molecule has 4 nitrogen and oxygen atoms in total. The lowest BCUT2D eigenvalue weighted by Gasteiger charge is -2.26. The van der Waals surface area contributed by atoms with Crippen molar-refractivity contribution in [1.82, 2.24) is 0 Å². The second kappa shape index (κ2) is 7.58. The van der Waals surface area contributed by atoms with Gasteiger partial charge in [-0.2, -0.15) is 0 Å². The molecule has 0 heterocycles. The maximum Gasteiger partial charge on any atom is 0.168 e. The molecule has 108 valence electrons. The zero-order chi connectivity index (χ0) is 14.4. The minimum Gasteiger partial charge on any atom is -0.511 e. The van der Waals surface area contributed by atoms with Crippen LogP contribution >= 0.6 is 11.8 Å². The Kier molecular flexibility index (Phi) is 6.42. The van der Waals surface area contributed by atoms with Crippen molar-refractivity contribution in [3.63, 3.8) is 0 Å². The van der Waals surface area contributed by atoms with Gasteiger partial charge in [0, 0.05) is 12.8 Å². The molecule has 0 saturated heterocycles. The second-order valence-corrected chi connectivity index (χ2v) is 5.90. The first kappa shape index (κ1) is 16.1. The van der Waals surface area contributed by atoms with Crippen molar-refractivity contribution in [2.75, 3.05) is 12.2 Å². The van der Waals surface area contributed by atoms with Crippen LogP contribution in [-0.2, 0) is 9.63 Å². The summed E-state index contributed by atoms with van der Waals surface area (Å²) in [6.45, 7) is 6.06. The van der Waals surface area contributed by atoms with Gasteiger partial charge in [0.05, 0.1) is 11.3 Å². The smallest absolute Gasteiger partial charge is 0.168 e. The van der Waals surface area contributed by atoms with E-state index in [1.807, 2.05) is 13.2 Å². The van der Waals surface area contributed by atoms with Gasteiger partial charge in [-0.05, 0) is 24.5 Å². The van der Waals surface area contributed by atoms with Crippen LogP contribution in [0.2, 0.25) is 0 Å². The quantitative estimate of drug-likeness (QED) is 0.351. The molecule has 0 aromatic carbocycles. The summed E-state index contributed by atoms with van der Waals surface area (Å²) in [4.78, 5) is 17.3. The van der Waals surface area contributed by atoms with Crippen molar-refractivity contribution in [1.29, 1.82) is 0 Å².